The maximum absolute atomic E-state index is 5.22. The molecule has 0 saturated carbocycles. The van der Waals surface area contributed by atoms with Gasteiger partial charge in [-0.05, 0) is 35.3 Å². The fraction of sp³-hybridized carbons (Fsp3) is 0. The van der Waals surface area contributed by atoms with E-state index >= 15 is 0 Å². The van der Waals surface area contributed by atoms with E-state index in [1.165, 1.54) is 0 Å². The van der Waals surface area contributed by atoms with Gasteiger partial charge in [-0.2, -0.15) is 21.8 Å². The summed E-state index contributed by atoms with van der Waals surface area (Å²) in [6.07, 6.45) is 10.6. The fourth-order valence-corrected chi connectivity index (χ4v) is 3.17. The summed E-state index contributed by atoms with van der Waals surface area (Å²) in [5.74, 6) is 0. The number of benzene rings is 3. The number of rotatable bonds is 4. The molecule has 0 unspecified atom stereocenters. The number of hydrogen-bond donors (Lipinski definition) is 0. The minimum Gasteiger partial charge on any atom is -0.305 e. The van der Waals surface area contributed by atoms with Gasteiger partial charge in [0.2, 0.25) is 0 Å². The molecule has 3 aromatic carbocycles. The van der Waals surface area contributed by atoms with Gasteiger partial charge >= 0.3 is 20.1 Å². The van der Waals surface area contributed by atoms with Crippen LogP contribution in [-0.4, -0.2) is 24.5 Å². The van der Waals surface area contributed by atoms with E-state index in [2.05, 4.69) is 27.3 Å². The Bertz CT molecular complexity index is 1330. The van der Waals surface area contributed by atoms with Crippen LogP contribution in [-0.2, 0) is 20.1 Å². The normalized spacial score (nSPS) is 9.51. The quantitative estimate of drug-likeness (QED) is 0.202. The maximum atomic E-state index is 5.22. The Labute approximate surface area is 231 Å². The van der Waals surface area contributed by atoms with E-state index in [1.807, 2.05) is 116 Å². The summed E-state index contributed by atoms with van der Waals surface area (Å²) < 4.78 is 3.54. The van der Waals surface area contributed by atoms with Crippen molar-refractivity contribution in [3.8, 4) is 22.6 Å². The topological polar surface area (TPSA) is 48.5 Å². The predicted molar refractivity (Wildman–Crippen MR) is 143 cm³/mol. The van der Waals surface area contributed by atoms with Crippen LogP contribution in [0.5, 0.6) is 0 Å². The average molecular weight is 659 g/mol. The molecule has 5 nitrogen and oxygen atoms in total. The van der Waals surface area contributed by atoms with Gasteiger partial charge in [-0.3, -0.25) is 15.9 Å². The van der Waals surface area contributed by atoms with Crippen molar-refractivity contribution in [3.05, 3.63) is 158 Å². The van der Waals surface area contributed by atoms with Crippen molar-refractivity contribution in [2.45, 2.75) is 0 Å². The van der Waals surface area contributed by atoms with Crippen LogP contribution in [0.4, 0.5) is 0 Å². The first-order valence-electron chi connectivity index (χ1n) is 11.3. The van der Waals surface area contributed by atoms with Crippen LogP contribution in [0.15, 0.2) is 134 Å². The maximum Gasteiger partial charge on any atom is 3.00 e. The zero-order valence-corrected chi connectivity index (χ0v) is 22.3. The molecular formula is C31H24IrN5. The molecule has 37 heavy (non-hydrogen) atoms. The first-order chi connectivity index (χ1) is 17.8. The Morgan fingerprint density at radius 3 is 1.78 bits per heavy atom. The largest absolute Gasteiger partial charge is 3.00 e. The number of aromatic nitrogens is 5. The molecule has 0 aliphatic rings. The van der Waals surface area contributed by atoms with Gasteiger partial charge in [0.25, 0.3) is 0 Å². The van der Waals surface area contributed by atoms with E-state index in [1.54, 1.807) is 34.0 Å². The van der Waals surface area contributed by atoms with Crippen LogP contribution in [0.25, 0.3) is 28.7 Å². The minimum atomic E-state index is 0. The van der Waals surface area contributed by atoms with Crippen molar-refractivity contribution in [2.24, 2.45) is 0 Å². The molecule has 6 rings (SSSR count). The zero-order valence-electron chi connectivity index (χ0n) is 19.9. The van der Waals surface area contributed by atoms with Gasteiger partial charge in [-0.1, -0.05) is 30.3 Å². The molecule has 3 heterocycles. The van der Waals surface area contributed by atoms with Crippen molar-refractivity contribution in [1.82, 2.24) is 24.5 Å². The summed E-state index contributed by atoms with van der Waals surface area (Å²) in [4.78, 5) is 4.22. The summed E-state index contributed by atoms with van der Waals surface area (Å²) in [5.41, 5.74) is 4.87. The predicted octanol–water partition coefficient (Wildman–Crippen LogP) is 6.54. The molecule has 0 saturated heterocycles. The van der Waals surface area contributed by atoms with Gasteiger partial charge in [-0.25, -0.2) is 6.08 Å². The minimum absolute atomic E-state index is 0. The molecule has 0 radical (unpaired) electrons. The van der Waals surface area contributed by atoms with Crippen LogP contribution in [0, 0.1) is 18.7 Å². The number of hydrogen-bond acceptors (Lipinski definition) is 3. The van der Waals surface area contributed by atoms with E-state index in [4.69, 9.17) is 6.58 Å². The molecule has 0 spiro atoms. The Hall–Kier alpha value is -4.38. The molecule has 6 heteroatoms. The summed E-state index contributed by atoms with van der Waals surface area (Å²) in [5, 5.41) is 8.33. The molecule has 0 atom stereocenters. The summed E-state index contributed by atoms with van der Waals surface area (Å²) in [6, 6.07) is 39.5. The molecule has 0 N–H and O–H groups in total. The standard InChI is InChI=1S/C12H9N4.C11H8N.C8H7.Ir/c1-4-11(15-8-2-6-13-15)10-12(5-1)16-9-3-7-14-16;1-2-6-10(7-3-1)11-8-4-5-9-12-11;1-2-8-6-4-3-5-7-8;/h1-9H;1-6,8-9H;1-7H;/q3*-1;+3. The Morgan fingerprint density at radius 2 is 1.30 bits per heavy atom. The molecule has 0 aliphatic heterocycles. The summed E-state index contributed by atoms with van der Waals surface area (Å²) >= 11 is 0. The Morgan fingerprint density at radius 1 is 0.649 bits per heavy atom. The van der Waals surface area contributed by atoms with Gasteiger partial charge in [0.1, 0.15) is 0 Å². The zero-order chi connectivity index (χ0) is 24.8. The van der Waals surface area contributed by atoms with Crippen LogP contribution in [0.3, 0.4) is 0 Å². The SMILES string of the molecule is [CH-]=Cc1ccccc1.[Ir+3].[c-]1c(-n2cccn2)cccc1-n1cccn1.[c-]1ccccc1-c1ccccn1. The Balaban J connectivity index is 0.000000161. The summed E-state index contributed by atoms with van der Waals surface area (Å²) in [6.45, 7) is 5.22. The molecule has 0 bridgehead atoms. The molecule has 6 aromatic rings. The van der Waals surface area contributed by atoms with Crippen molar-refractivity contribution >= 4 is 6.08 Å². The third-order valence-corrected chi connectivity index (χ3v) is 4.91. The van der Waals surface area contributed by atoms with Crippen LogP contribution in [0.2, 0.25) is 0 Å². The third-order valence-electron chi connectivity index (χ3n) is 4.91. The third kappa shape index (κ3) is 8.36. The van der Waals surface area contributed by atoms with Crippen molar-refractivity contribution < 1.29 is 20.1 Å². The van der Waals surface area contributed by atoms with Gasteiger partial charge < -0.3 is 4.98 Å². The molecule has 0 aliphatic carbocycles. The second-order valence-electron chi connectivity index (χ2n) is 7.39. The van der Waals surface area contributed by atoms with Crippen LogP contribution in [0.1, 0.15) is 5.56 Å². The first kappa shape index (κ1) is 27.2. The number of nitrogens with zero attached hydrogens (tertiary/aromatic N) is 5. The smallest absolute Gasteiger partial charge is 0.305 e. The molecule has 3 aromatic heterocycles. The molecule has 0 fully saturated rings. The number of pyridine rings is 1. The van der Waals surface area contributed by atoms with Crippen molar-refractivity contribution in [1.29, 1.82) is 0 Å². The van der Waals surface area contributed by atoms with Gasteiger partial charge in [-0.15, -0.1) is 66.2 Å². The molecule has 182 valence electrons. The van der Waals surface area contributed by atoms with Gasteiger partial charge in [0.15, 0.2) is 0 Å². The summed E-state index contributed by atoms with van der Waals surface area (Å²) in [7, 11) is 0. The molecule has 0 amide bonds. The molecular weight excluding hydrogens is 635 g/mol. The second kappa shape index (κ2) is 14.9. The van der Waals surface area contributed by atoms with Gasteiger partial charge in [0.05, 0.1) is 0 Å². The van der Waals surface area contributed by atoms with Crippen molar-refractivity contribution in [2.75, 3.05) is 0 Å². The van der Waals surface area contributed by atoms with E-state index in [0.29, 0.717) is 0 Å². The fourth-order valence-electron chi connectivity index (χ4n) is 3.17. The van der Waals surface area contributed by atoms with Crippen LogP contribution >= 0.6 is 0 Å². The van der Waals surface area contributed by atoms with Crippen LogP contribution < -0.4 is 0 Å². The van der Waals surface area contributed by atoms with E-state index < -0.39 is 0 Å². The monoisotopic (exact) mass is 659 g/mol. The first-order valence-corrected chi connectivity index (χ1v) is 11.3. The Kier molecular flexibility index (Phi) is 11.0. The average Bonchev–Trinajstić information content (AvgIpc) is 3.71. The van der Waals surface area contributed by atoms with E-state index in [-0.39, 0.29) is 20.1 Å². The van der Waals surface area contributed by atoms with Crippen molar-refractivity contribution in [3.63, 3.8) is 0 Å². The van der Waals surface area contributed by atoms with E-state index in [9.17, 15) is 0 Å². The van der Waals surface area contributed by atoms with E-state index in [0.717, 1.165) is 28.2 Å². The second-order valence-corrected chi connectivity index (χ2v) is 7.39. The van der Waals surface area contributed by atoms with Gasteiger partial charge in [0, 0.05) is 31.0 Å².